The van der Waals surface area contributed by atoms with Crippen molar-refractivity contribution in [1.82, 2.24) is 9.78 Å². The number of hydrogen-bond donors (Lipinski definition) is 1. The number of nitrogens with one attached hydrogen (secondary N) is 1. The molecule has 0 saturated carbocycles. The second kappa shape index (κ2) is 5.73. The van der Waals surface area contributed by atoms with Crippen LogP contribution in [0.15, 0.2) is 24.5 Å². The van der Waals surface area contributed by atoms with Crippen molar-refractivity contribution in [3.63, 3.8) is 0 Å². The molecule has 1 N–H and O–H groups in total. The maximum atomic E-state index is 11.1. The number of aryl methyl sites for hydroxylation is 3. The van der Waals surface area contributed by atoms with Crippen molar-refractivity contribution in [3.8, 4) is 0 Å². The van der Waals surface area contributed by atoms with Crippen molar-refractivity contribution >= 4 is 11.4 Å². The standard InChI is InChI=1S/C14H18N4O2/c1-4-17-9-12(8-16-17)7-15-13-5-10(2)11(3)6-14(13)18(19)20/h5-6,8-9,15H,4,7H2,1-3H3. The summed E-state index contributed by atoms with van der Waals surface area (Å²) in [7, 11) is 0. The second-order valence-electron chi connectivity index (χ2n) is 4.77. The Hall–Kier alpha value is -2.37. The van der Waals surface area contributed by atoms with Gasteiger partial charge in [0.1, 0.15) is 5.69 Å². The van der Waals surface area contributed by atoms with E-state index in [0.29, 0.717) is 12.2 Å². The van der Waals surface area contributed by atoms with Crippen molar-refractivity contribution in [3.05, 3.63) is 51.3 Å². The number of rotatable bonds is 5. The van der Waals surface area contributed by atoms with Gasteiger partial charge in [-0.2, -0.15) is 5.10 Å². The van der Waals surface area contributed by atoms with Gasteiger partial charge in [0.05, 0.1) is 11.1 Å². The van der Waals surface area contributed by atoms with Crippen LogP contribution in [0.5, 0.6) is 0 Å². The van der Waals surface area contributed by atoms with Crippen LogP contribution in [0.4, 0.5) is 11.4 Å². The highest BCUT2D eigenvalue weighted by Crippen LogP contribution is 2.28. The Morgan fingerprint density at radius 1 is 1.35 bits per heavy atom. The molecule has 0 aliphatic carbocycles. The Morgan fingerprint density at radius 3 is 2.65 bits per heavy atom. The highest BCUT2D eigenvalue weighted by atomic mass is 16.6. The van der Waals surface area contributed by atoms with E-state index >= 15 is 0 Å². The average Bonchev–Trinajstić information content (AvgIpc) is 2.87. The van der Waals surface area contributed by atoms with Crippen molar-refractivity contribution in [2.75, 3.05) is 5.32 Å². The van der Waals surface area contributed by atoms with Gasteiger partial charge in [-0.15, -0.1) is 0 Å². The third-order valence-electron chi connectivity index (χ3n) is 3.30. The fraction of sp³-hybridized carbons (Fsp3) is 0.357. The Bertz CT molecular complexity index is 634. The summed E-state index contributed by atoms with van der Waals surface area (Å²) in [6.45, 7) is 7.16. The summed E-state index contributed by atoms with van der Waals surface area (Å²) in [6.07, 6.45) is 3.70. The van der Waals surface area contributed by atoms with Gasteiger partial charge in [0.15, 0.2) is 0 Å². The third kappa shape index (κ3) is 2.96. The summed E-state index contributed by atoms with van der Waals surface area (Å²) in [6, 6.07) is 3.42. The summed E-state index contributed by atoms with van der Waals surface area (Å²) in [5.74, 6) is 0. The molecule has 1 heterocycles. The fourth-order valence-corrected chi connectivity index (χ4v) is 1.96. The van der Waals surface area contributed by atoms with Crippen LogP contribution in [0.2, 0.25) is 0 Å². The molecule has 0 bridgehead atoms. The fourth-order valence-electron chi connectivity index (χ4n) is 1.96. The van der Waals surface area contributed by atoms with Crippen LogP contribution in [-0.2, 0) is 13.1 Å². The summed E-state index contributed by atoms with van der Waals surface area (Å²) >= 11 is 0. The van der Waals surface area contributed by atoms with Gasteiger partial charge in [0, 0.05) is 30.9 Å². The SMILES string of the molecule is CCn1cc(CNc2cc(C)c(C)cc2[N+](=O)[O-])cn1. The predicted molar refractivity (Wildman–Crippen MR) is 77.8 cm³/mol. The van der Waals surface area contributed by atoms with Crippen LogP contribution in [0.3, 0.4) is 0 Å². The maximum Gasteiger partial charge on any atom is 0.292 e. The average molecular weight is 274 g/mol. The number of hydrogen-bond acceptors (Lipinski definition) is 4. The molecule has 1 aromatic heterocycles. The highest BCUT2D eigenvalue weighted by Gasteiger charge is 2.15. The van der Waals surface area contributed by atoms with E-state index in [2.05, 4.69) is 10.4 Å². The summed E-state index contributed by atoms with van der Waals surface area (Å²) in [4.78, 5) is 10.7. The van der Waals surface area contributed by atoms with E-state index in [1.165, 1.54) is 0 Å². The first kappa shape index (κ1) is 14.0. The lowest BCUT2D eigenvalue weighted by Gasteiger charge is -2.08. The largest absolute Gasteiger partial charge is 0.375 e. The van der Waals surface area contributed by atoms with Crippen LogP contribution >= 0.6 is 0 Å². The lowest BCUT2D eigenvalue weighted by Crippen LogP contribution is -2.03. The molecular formula is C14H18N4O2. The molecule has 0 unspecified atom stereocenters. The number of aromatic nitrogens is 2. The molecule has 2 rings (SSSR count). The van der Waals surface area contributed by atoms with Gasteiger partial charge in [-0.05, 0) is 38.0 Å². The van der Waals surface area contributed by atoms with Crippen LogP contribution in [0.1, 0.15) is 23.6 Å². The van der Waals surface area contributed by atoms with Gasteiger partial charge in [0.2, 0.25) is 0 Å². The Kier molecular flexibility index (Phi) is 4.02. The summed E-state index contributed by atoms with van der Waals surface area (Å²) in [5, 5.41) is 18.4. The molecule has 0 aliphatic heterocycles. The zero-order valence-corrected chi connectivity index (χ0v) is 11.9. The zero-order valence-electron chi connectivity index (χ0n) is 11.9. The Balaban J connectivity index is 2.20. The van der Waals surface area contributed by atoms with Crippen molar-refractivity contribution in [2.24, 2.45) is 0 Å². The number of anilines is 1. The molecule has 20 heavy (non-hydrogen) atoms. The quantitative estimate of drug-likeness (QED) is 0.671. The molecule has 2 aromatic rings. The van der Waals surface area contributed by atoms with Gasteiger partial charge in [-0.3, -0.25) is 14.8 Å². The van der Waals surface area contributed by atoms with Gasteiger partial charge in [-0.1, -0.05) is 0 Å². The number of nitro benzene ring substituents is 1. The molecule has 0 amide bonds. The van der Waals surface area contributed by atoms with E-state index in [1.54, 1.807) is 12.3 Å². The van der Waals surface area contributed by atoms with E-state index in [4.69, 9.17) is 0 Å². The van der Waals surface area contributed by atoms with E-state index in [1.807, 2.05) is 37.7 Å². The minimum atomic E-state index is -0.357. The second-order valence-corrected chi connectivity index (χ2v) is 4.77. The van der Waals surface area contributed by atoms with Crippen molar-refractivity contribution < 1.29 is 4.92 Å². The number of nitrogens with zero attached hydrogens (tertiary/aromatic N) is 3. The topological polar surface area (TPSA) is 73.0 Å². The minimum absolute atomic E-state index is 0.107. The van der Waals surface area contributed by atoms with Gasteiger partial charge in [-0.25, -0.2) is 0 Å². The van der Waals surface area contributed by atoms with E-state index in [-0.39, 0.29) is 10.6 Å². The highest BCUT2D eigenvalue weighted by molar-refractivity contribution is 5.64. The molecular weight excluding hydrogens is 256 g/mol. The van der Waals surface area contributed by atoms with Crippen LogP contribution in [-0.4, -0.2) is 14.7 Å². The molecule has 0 saturated heterocycles. The van der Waals surface area contributed by atoms with Crippen LogP contribution in [0.25, 0.3) is 0 Å². The van der Waals surface area contributed by atoms with Crippen LogP contribution < -0.4 is 5.32 Å². The molecule has 0 atom stereocenters. The molecule has 106 valence electrons. The molecule has 6 nitrogen and oxygen atoms in total. The first-order chi connectivity index (χ1) is 9.51. The number of nitro groups is 1. The molecule has 0 radical (unpaired) electrons. The van der Waals surface area contributed by atoms with Crippen LogP contribution in [0, 0.1) is 24.0 Å². The third-order valence-corrected chi connectivity index (χ3v) is 3.30. The zero-order chi connectivity index (χ0) is 14.7. The molecule has 0 fully saturated rings. The lowest BCUT2D eigenvalue weighted by atomic mass is 10.1. The predicted octanol–water partition coefficient (Wildman–Crippen LogP) is 3.04. The molecule has 6 heteroatoms. The van der Waals surface area contributed by atoms with Crippen molar-refractivity contribution in [1.29, 1.82) is 0 Å². The first-order valence-electron chi connectivity index (χ1n) is 6.52. The molecule has 0 spiro atoms. The van der Waals surface area contributed by atoms with Crippen molar-refractivity contribution in [2.45, 2.75) is 33.9 Å². The smallest absolute Gasteiger partial charge is 0.292 e. The summed E-state index contributed by atoms with van der Waals surface area (Å²) in [5.41, 5.74) is 3.60. The molecule has 1 aromatic carbocycles. The Morgan fingerprint density at radius 2 is 2.05 bits per heavy atom. The van der Waals surface area contributed by atoms with Gasteiger partial charge >= 0.3 is 0 Å². The monoisotopic (exact) mass is 274 g/mol. The van der Waals surface area contributed by atoms with E-state index < -0.39 is 0 Å². The normalized spacial score (nSPS) is 10.6. The number of benzene rings is 1. The first-order valence-corrected chi connectivity index (χ1v) is 6.52. The molecule has 0 aliphatic rings. The van der Waals surface area contributed by atoms with Gasteiger partial charge < -0.3 is 5.32 Å². The minimum Gasteiger partial charge on any atom is -0.375 e. The van der Waals surface area contributed by atoms with E-state index in [9.17, 15) is 10.1 Å². The lowest BCUT2D eigenvalue weighted by molar-refractivity contribution is -0.384. The Labute approximate surface area is 117 Å². The van der Waals surface area contributed by atoms with Gasteiger partial charge in [0.25, 0.3) is 5.69 Å². The maximum absolute atomic E-state index is 11.1. The van der Waals surface area contributed by atoms with E-state index in [0.717, 1.165) is 23.2 Å². The summed E-state index contributed by atoms with van der Waals surface area (Å²) < 4.78 is 1.83.